The van der Waals surface area contributed by atoms with Gasteiger partial charge >= 0.3 is 0 Å². The average molecular weight is 246 g/mol. The number of hydrogen-bond acceptors (Lipinski definition) is 1. The van der Waals surface area contributed by atoms with Crippen LogP contribution in [-0.4, -0.2) is 5.11 Å². The molecule has 0 saturated carbocycles. The van der Waals surface area contributed by atoms with Crippen molar-refractivity contribution in [1.82, 2.24) is 0 Å². The Morgan fingerprint density at radius 1 is 1.58 bits per heavy atom. The fourth-order valence-corrected chi connectivity index (χ4v) is 1.21. The van der Waals surface area contributed by atoms with Crippen molar-refractivity contribution in [3.05, 3.63) is 33.3 Å². The maximum absolute atomic E-state index is 9.23. The minimum atomic E-state index is -0.879. The fraction of sp³-hybridized carbons (Fsp3) is 0.111. The van der Waals surface area contributed by atoms with Gasteiger partial charge in [0.1, 0.15) is 6.10 Å². The molecular formula is C9H6BrClO. The van der Waals surface area contributed by atoms with E-state index in [1.807, 2.05) is 0 Å². The molecule has 1 aromatic carbocycles. The van der Waals surface area contributed by atoms with Gasteiger partial charge in [-0.15, -0.1) is 6.42 Å². The highest BCUT2D eigenvalue weighted by Gasteiger charge is 2.04. The van der Waals surface area contributed by atoms with Crippen molar-refractivity contribution in [3.8, 4) is 12.3 Å². The molecule has 1 N–H and O–H groups in total. The molecule has 1 rings (SSSR count). The third kappa shape index (κ3) is 2.01. The van der Waals surface area contributed by atoms with Crippen molar-refractivity contribution in [2.24, 2.45) is 0 Å². The highest BCUT2D eigenvalue weighted by molar-refractivity contribution is 9.10. The van der Waals surface area contributed by atoms with E-state index < -0.39 is 6.10 Å². The summed E-state index contributed by atoms with van der Waals surface area (Å²) in [5.74, 6) is 2.21. The molecule has 1 nitrogen and oxygen atoms in total. The van der Waals surface area contributed by atoms with Gasteiger partial charge in [0.15, 0.2) is 0 Å². The Hall–Kier alpha value is -0.490. The number of aliphatic hydroxyl groups excluding tert-OH is 1. The van der Waals surface area contributed by atoms with E-state index in [1.165, 1.54) is 0 Å². The van der Waals surface area contributed by atoms with Crippen LogP contribution in [0.15, 0.2) is 22.7 Å². The molecular weight excluding hydrogens is 239 g/mol. The Labute approximate surface area is 84.5 Å². The number of benzene rings is 1. The summed E-state index contributed by atoms with van der Waals surface area (Å²) in [7, 11) is 0. The lowest BCUT2D eigenvalue weighted by atomic mass is 10.1. The van der Waals surface area contributed by atoms with Crippen LogP contribution in [0, 0.1) is 12.3 Å². The standard InChI is InChI=1S/C9H6BrClO/c1-2-9(12)6-3-4-7(10)8(11)5-6/h1,3-5,9,12H. The fourth-order valence-electron chi connectivity index (χ4n) is 0.779. The predicted molar refractivity (Wildman–Crippen MR) is 52.9 cm³/mol. The minimum Gasteiger partial charge on any atom is -0.376 e. The van der Waals surface area contributed by atoms with Crippen molar-refractivity contribution >= 4 is 27.5 Å². The molecule has 0 fully saturated rings. The lowest BCUT2D eigenvalue weighted by Crippen LogP contribution is -1.92. The van der Waals surface area contributed by atoms with E-state index in [0.29, 0.717) is 10.6 Å². The van der Waals surface area contributed by atoms with E-state index in [0.717, 1.165) is 4.47 Å². The van der Waals surface area contributed by atoms with Crippen LogP contribution in [-0.2, 0) is 0 Å². The zero-order valence-corrected chi connectivity index (χ0v) is 8.43. The summed E-state index contributed by atoms with van der Waals surface area (Å²) in [6, 6.07) is 5.11. The van der Waals surface area contributed by atoms with Gasteiger partial charge in [0.05, 0.1) is 5.02 Å². The van der Waals surface area contributed by atoms with Gasteiger partial charge in [-0.05, 0) is 33.6 Å². The van der Waals surface area contributed by atoms with E-state index in [4.69, 9.17) is 18.0 Å². The van der Waals surface area contributed by atoms with E-state index in [1.54, 1.807) is 18.2 Å². The summed E-state index contributed by atoms with van der Waals surface area (Å²) in [6.07, 6.45) is 4.16. The number of hydrogen-bond donors (Lipinski definition) is 1. The van der Waals surface area contributed by atoms with Gasteiger partial charge in [-0.25, -0.2) is 0 Å². The molecule has 0 aliphatic rings. The Morgan fingerprint density at radius 3 is 2.75 bits per heavy atom. The quantitative estimate of drug-likeness (QED) is 0.754. The molecule has 12 heavy (non-hydrogen) atoms. The maximum atomic E-state index is 9.23. The van der Waals surface area contributed by atoms with E-state index in [9.17, 15) is 5.11 Å². The van der Waals surface area contributed by atoms with Crippen LogP contribution in [0.1, 0.15) is 11.7 Å². The first-order chi connectivity index (χ1) is 5.65. The van der Waals surface area contributed by atoms with Crippen molar-refractivity contribution in [2.75, 3.05) is 0 Å². The molecule has 3 heteroatoms. The monoisotopic (exact) mass is 244 g/mol. The van der Waals surface area contributed by atoms with Crippen LogP contribution in [0.4, 0.5) is 0 Å². The molecule has 0 aliphatic carbocycles. The Kier molecular flexibility index (Phi) is 3.16. The molecule has 1 unspecified atom stereocenters. The second-order valence-corrected chi connectivity index (χ2v) is 3.50. The SMILES string of the molecule is C#CC(O)c1ccc(Br)c(Cl)c1. The topological polar surface area (TPSA) is 20.2 Å². The number of terminal acetylenes is 1. The lowest BCUT2D eigenvalue weighted by Gasteiger charge is -2.04. The van der Waals surface area contributed by atoms with Gasteiger partial charge in [-0.2, -0.15) is 0 Å². The third-order valence-corrected chi connectivity index (χ3v) is 2.65. The van der Waals surface area contributed by atoms with E-state index in [2.05, 4.69) is 21.9 Å². The van der Waals surface area contributed by atoms with Crippen LogP contribution in [0.3, 0.4) is 0 Å². The molecule has 62 valence electrons. The van der Waals surface area contributed by atoms with Gasteiger partial charge in [0, 0.05) is 4.47 Å². The Morgan fingerprint density at radius 2 is 2.25 bits per heavy atom. The summed E-state index contributed by atoms with van der Waals surface area (Å²) < 4.78 is 0.789. The molecule has 0 aromatic heterocycles. The van der Waals surface area contributed by atoms with Gasteiger partial charge in [0.2, 0.25) is 0 Å². The Balaban J connectivity index is 3.06. The number of rotatable bonds is 1. The van der Waals surface area contributed by atoms with Crippen LogP contribution in [0.5, 0.6) is 0 Å². The summed E-state index contributed by atoms with van der Waals surface area (Å²) in [4.78, 5) is 0. The Bertz CT molecular complexity index is 330. The predicted octanol–water partition coefficient (Wildman–Crippen LogP) is 2.77. The van der Waals surface area contributed by atoms with Crippen molar-refractivity contribution in [2.45, 2.75) is 6.10 Å². The largest absolute Gasteiger partial charge is 0.376 e. The molecule has 0 aliphatic heterocycles. The molecule has 0 radical (unpaired) electrons. The molecule has 0 saturated heterocycles. The summed E-state index contributed by atoms with van der Waals surface area (Å²) >= 11 is 9.02. The van der Waals surface area contributed by atoms with E-state index in [-0.39, 0.29) is 0 Å². The zero-order valence-electron chi connectivity index (χ0n) is 6.09. The summed E-state index contributed by atoms with van der Waals surface area (Å²) in [6.45, 7) is 0. The molecule has 1 atom stereocenters. The molecule has 0 heterocycles. The summed E-state index contributed by atoms with van der Waals surface area (Å²) in [5.41, 5.74) is 0.630. The van der Waals surface area contributed by atoms with Gasteiger partial charge in [0.25, 0.3) is 0 Å². The highest BCUT2D eigenvalue weighted by atomic mass is 79.9. The van der Waals surface area contributed by atoms with E-state index >= 15 is 0 Å². The van der Waals surface area contributed by atoms with Crippen LogP contribution >= 0.6 is 27.5 Å². The first kappa shape index (κ1) is 9.60. The minimum absolute atomic E-state index is 0.543. The van der Waals surface area contributed by atoms with Crippen LogP contribution in [0.2, 0.25) is 5.02 Å². The third-order valence-electron chi connectivity index (χ3n) is 1.42. The highest BCUT2D eigenvalue weighted by Crippen LogP contribution is 2.25. The second kappa shape index (κ2) is 3.95. The number of aliphatic hydroxyl groups is 1. The van der Waals surface area contributed by atoms with Gasteiger partial charge in [-0.3, -0.25) is 0 Å². The first-order valence-electron chi connectivity index (χ1n) is 3.24. The molecule has 0 bridgehead atoms. The number of halogens is 2. The zero-order chi connectivity index (χ0) is 9.14. The first-order valence-corrected chi connectivity index (χ1v) is 4.41. The van der Waals surface area contributed by atoms with Gasteiger partial charge in [-0.1, -0.05) is 23.6 Å². The van der Waals surface area contributed by atoms with Crippen molar-refractivity contribution in [1.29, 1.82) is 0 Å². The maximum Gasteiger partial charge on any atom is 0.140 e. The molecule has 0 spiro atoms. The summed E-state index contributed by atoms with van der Waals surface area (Å²) in [5, 5.41) is 9.78. The van der Waals surface area contributed by atoms with Crippen LogP contribution in [0.25, 0.3) is 0 Å². The smallest absolute Gasteiger partial charge is 0.140 e. The lowest BCUT2D eigenvalue weighted by molar-refractivity contribution is 0.238. The molecule has 1 aromatic rings. The molecule has 0 amide bonds. The van der Waals surface area contributed by atoms with Crippen molar-refractivity contribution in [3.63, 3.8) is 0 Å². The van der Waals surface area contributed by atoms with Crippen molar-refractivity contribution < 1.29 is 5.11 Å². The van der Waals surface area contributed by atoms with Crippen LogP contribution < -0.4 is 0 Å². The average Bonchev–Trinajstić information content (AvgIpc) is 2.08. The normalized spacial score (nSPS) is 12.2. The van der Waals surface area contributed by atoms with Gasteiger partial charge < -0.3 is 5.11 Å². The second-order valence-electron chi connectivity index (χ2n) is 2.24.